The van der Waals surface area contributed by atoms with Gasteiger partial charge in [0.1, 0.15) is 11.5 Å². The second-order valence-electron chi connectivity index (χ2n) is 10.1. The van der Waals surface area contributed by atoms with Crippen LogP contribution < -0.4 is 10.2 Å². The fraction of sp³-hybridized carbons (Fsp3) is 0.577. The van der Waals surface area contributed by atoms with Crippen molar-refractivity contribution in [1.82, 2.24) is 19.8 Å². The summed E-state index contributed by atoms with van der Waals surface area (Å²) in [4.78, 5) is 29.1. The van der Waals surface area contributed by atoms with Crippen LogP contribution in [0, 0.1) is 0 Å². The van der Waals surface area contributed by atoms with Gasteiger partial charge in [0.2, 0.25) is 5.95 Å². The first-order chi connectivity index (χ1) is 16.5. The largest absolute Gasteiger partial charge is 0.375 e. The Labute approximate surface area is 202 Å². The van der Waals surface area contributed by atoms with Crippen LogP contribution in [-0.2, 0) is 11.3 Å². The molecule has 182 valence electrons. The summed E-state index contributed by atoms with van der Waals surface area (Å²) >= 11 is 0. The number of ether oxygens (including phenoxy) is 1. The van der Waals surface area contributed by atoms with E-state index in [1.807, 2.05) is 4.90 Å². The fourth-order valence-corrected chi connectivity index (χ4v) is 4.93. The Morgan fingerprint density at radius 3 is 2.65 bits per heavy atom. The predicted molar refractivity (Wildman–Crippen MR) is 134 cm³/mol. The molecule has 2 aliphatic heterocycles. The van der Waals surface area contributed by atoms with E-state index in [1.54, 1.807) is 0 Å². The third kappa shape index (κ3) is 4.88. The van der Waals surface area contributed by atoms with Crippen LogP contribution in [0.3, 0.4) is 0 Å². The summed E-state index contributed by atoms with van der Waals surface area (Å²) < 4.78 is 5.70. The van der Waals surface area contributed by atoms with Crippen LogP contribution in [0.25, 0.3) is 0 Å². The lowest BCUT2D eigenvalue weighted by atomic mass is 9.80. The third-order valence-corrected chi connectivity index (χ3v) is 7.14. The first kappa shape index (κ1) is 23.1. The van der Waals surface area contributed by atoms with Gasteiger partial charge in [-0.25, -0.2) is 4.98 Å². The molecule has 0 bridgehead atoms. The minimum atomic E-state index is 0.00194. The van der Waals surface area contributed by atoms with E-state index in [0.717, 1.165) is 43.1 Å². The predicted octanol–water partition coefficient (Wildman–Crippen LogP) is 3.62. The lowest BCUT2D eigenvalue weighted by Crippen LogP contribution is -2.42. The van der Waals surface area contributed by atoms with Crippen LogP contribution in [0.4, 0.5) is 17.5 Å². The molecule has 2 fully saturated rings. The second-order valence-corrected chi connectivity index (χ2v) is 10.1. The molecule has 3 aliphatic rings. The molecular formula is C26H36N6O2. The quantitative estimate of drug-likeness (QED) is 0.640. The molecule has 1 aromatic carbocycles. The minimum absolute atomic E-state index is 0.00194. The molecule has 8 heteroatoms. The first-order valence-corrected chi connectivity index (χ1v) is 12.6. The lowest BCUT2D eigenvalue weighted by Gasteiger charge is -2.31. The summed E-state index contributed by atoms with van der Waals surface area (Å²) in [5.41, 5.74) is 3.82. The van der Waals surface area contributed by atoms with Crippen molar-refractivity contribution in [3.8, 4) is 0 Å². The number of nitrogens with one attached hydrogen (secondary N) is 1. The number of carbonyl (C=O) groups is 1. The summed E-state index contributed by atoms with van der Waals surface area (Å²) in [5, 5.41) is 3.52. The van der Waals surface area contributed by atoms with Crippen molar-refractivity contribution < 1.29 is 9.53 Å². The molecule has 0 radical (unpaired) electrons. The number of aromatic nitrogens is 2. The number of rotatable bonds is 8. The summed E-state index contributed by atoms with van der Waals surface area (Å²) in [7, 11) is 4.11. The third-order valence-electron chi connectivity index (χ3n) is 7.14. The highest BCUT2D eigenvalue weighted by atomic mass is 16.5. The molecule has 3 heterocycles. The molecule has 1 aromatic heterocycles. The number of carbonyl (C=O) groups excluding carboxylic acids is 1. The normalized spacial score (nSPS) is 20.6. The number of hydrogen-bond acceptors (Lipinski definition) is 7. The molecule has 0 unspecified atom stereocenters. The first-order valence-electron chi connectivity index (χ1n) is 12.6. The van der Waals surface area contributed by atoms with Crippen LogP contribution in [0.2, 0.25) is 0 Å². The van der Waals surface area contributed by atoms with Crippen molar-refractivity contribution in [3.63, 3.8) is 0 Å². The van der Waals surface area contributed by atoms with Gasteiger partial charge in [0, 0.05) is 30.9 Å². The summed E-state index contributed by atoms with van der Waals surface area (Å²) in [5.74, 6) is 2.05. The summed E-state index contributed by atoms with van der Waals surface area (Å²) in [6.07, 6.45) is 4.96. The minimum Gasteiger partial charge on any atom is -0.375 e. The van der Waals surface area contributed by atoms with Gasteiger partial charge in [-0.15, -0.1) is 0 Å². The smallest absolute Gasteiger partial charge is 0.273 e. The Morgan fingerprint density at radius 1 is 1.18 bits per heavy atom. The molecule has 1 aliphatic carbocycles. The molecule has 2 aromatic rings. The van der Waals surface area contributed by atoms with Gasteiger partial charge >= 0.3 is 0 Å². The van der Waals surface area contributed by atoms with E-state index >= 15 is 0 Å². The van der Waals surface area contributed by atoms with E-state index in [2.05, 4.69) is 60.4 Å². The van der Waals surface area contributed by atoms with Gasteiger partial charge in [0.15, 0.2) is 0 Å². The SMILES string of the molecule is C[C@@H]1CN(c2nc(Nc3ccc(C4CCC4)cc3)c3c(n2)C(=O)N(CCCN(C)C)C3)CCO1. The van der Waals surface area contributed by atoms with Crippen molar-refractivity contribution in [2.45, 2.75) is 51.2 Å². The number of amides is 1. The Kier molecular flexibility index (Phi) is 6.70. The second kappa shape index (κ2) is 9.88. The monoisotopic (exact) mass is 464 g/mol. The average Bonchev–Trinajstić information content (AvgIpc) is 3.09. The lowest BCUT2D eigenvalue weighted by molar-refractivity contribution is 0.0526. The van der Waals surface area contributed by atoms with Gasteiger partial charge in [-0.3, -0.25) is 4.79 Å². The van der Waals surface area contributed by atoms with Crippen molar-refractivity contribution in [2.75, 3.05) is 57.1 Å². The number of anilines is 3. The van der Waals surface area contributed by atoms with Crippen molar-refractivity contribution in [2.24, 2.45) is 0 Å². The van der Waals surface area contributed by atoms with Gasteiger partial charge in [-0.1, -0.05) is 18.6 Å². The zero-order valence-electron chi connectivity index (χ0n) is 20.6. The number of morpholine rings is 1. The van der Waals surface area contributed by atoms with Crippen LogP contribution in [0.15, 0.2) is 24.3 Å². The average molecular weight is 465 g/mol. The van der Waals surface area contributed by atoms with E-state index < -0.39 is 0 Å². The maximum Gasteiger partial charge on any atom is 0.273 e. The van der Waals surface area contributed by atoms with Gasteiger partial charge in [0.25, 0.3) is 5.91 Å². The number of hydrogen-bond donors (Lipinski definition) is 1. The van der Waals surface area contributed by atoms with Crippen LogP contribution in [0.5, 0.6) is 0 Å². The van der Waals surface area contributed by atoms with Gasteiger partial charge in [0.05, 0.1) is 19.3 Å². The van der Waals surface area contributed by atoms with Crippen molar-refractivity contribution in [3.05, 3.63) is 41.1 Å². The van der Waals surface area contributed by atoms with Gasteiger partial charge in [-0.2, -0.15) is 4.98 Å². The standard InChI is InChI=1S/C26H36N6O2/c1-18-16-32(14-15-34-18)26-28-23-22(17-31(25(23)33)13-5-12-30(2)3)24(29-26)27-21-10-8-20(9-11-21)19-6-4-7-19/h8-11,18-19H,4-7,12-17H2,1-3H3,(H,27,28,29)/t18-/m1/s1. The molecule has 34 heavy (non-hydrogen) atoms. The zero-order valence-corrected chi connectivity index (χ0v) is 20.6. The number of fused-ring (bicyclic) bond motifs is 1. The van der Waals surface area contributed by atoms with E-state index in [-0.39, 0.29) is 12.0 Å². The highest BCUT2D eigenvalue weighted by Gasteiger charge is 2.34. The molecule has 8 nitrogen and oxygen atoms in total. The molecular weight excluding hydrogens is 428 g/mol. The number of nitrogens with zero attached hydrogens (tertiary/aromatic N) is 5. The molecule has 1 atom stereocenters. The maximum absolute atomic E-state index is 13.3. The zero-order chi connectivity index (χ0) is 23.7. The topological polar surface area (TPSA) is 73.8 Å². The Bertz CT molecular complexity index is 1020. The van der Waals surface area contributed by atoms with E-state index in [0.29, 0.717) is 37.3 Å². The van der Waals surface area contributed by atoms with Crippen molar-refractivity contribution in [1.29, 1.82) is 0 Å². The molecule has 1 N–H and O–H groups in total. The Balaban J connectivity index is 1.41. The molecule has 5 rings (SSSR count). The highest BCUT2D eigenvalue weighted by Crippen LogP contribution is 2.37. The Hall–Kier alpha value is -2.71. The summed E-state index contributed by atoms with van der Waals surface area (Å²) in [6, 6.07) is 8.70. The summed E-state index contributed by atoms with van der Waals surface area (Å²) in [6.45, 7) is 6.34. The Morgan fingerprint density at radius 2 is 1.97 bits per heavy atom. The molecule has 1 saturated carbocycles. The van der Waals surface area contributed by atoms with E-state index in [9.17, 15) is 4.79 Å². The van der Waals surface area contributed by atoms with Crippen LogP contribution in [-0.4, -0.2) is 78.7 Å². The van der Waals surface area contributed by atoms with Crippen LogP contribution in [0.1, 0.15) is 60.1 Å². The maximum atomic E-state index is 13.3. The highest BCUT2D eigenvalue weighted by molar-refractivity contribution is 5.98. The van der Waals surface area contributed by atoms with Crippen LogP contribution >= 0.6 is 0 Å². The molecule has 1 saturated heterocycles. The molecule has 0 spiro atoms. The van der Waals surface area contributed by atoms with Gasteiger partial charge < -0.3 is 24.8 Å². The van der Waals surface area contributed by atoms with E-state index in [4.69, 9.17) is 14.7 Å². The molecule has 1 amide bonds. The van der Waals surface area contributed by atoms with Crippen molar-refractivity contribution >= 4 is 23.4 Å². The van der Waals surface area contributed by atoms with E-state index in [1.165, 1.54) is 24.8 Å². The number of benzene rings is 1. The fourth-order valence-electron chi connectivity index (χ4n) is 4.93. The van der Waals surface area contributed by atoms with Gasteiger partial charge in [-0.05, 0) is 70.4 Å².